The van der Waals surface area contributed by atoms with Crippen molar-refractivity contribution in [2.24, 2.45) is 5.92 Å². The van der Waals surface area contributed by atoms with E-state index in [1.54, 1.807) is 19.5 Å². The predicted octanol–water partition coefficient (Wildman–Crippen LogP) is 0.921. The Balaban J connectivity index is 1.91. The van der Waals surface area contributed by atoms with Crippen molar-refractivity contribution in [3.63, 3.8) is 0 Å². The molecule has 1 aliphatic heterocycles. The van der Waals surface area contributed by atoms with Gasteiger partial charge in [-0.1, -0.05) is 0 Å². The van der Waals surface area contributed by atoms with Crippen LogP contribution in [0.25, 0.3) is 0 Å². The maximum atomic E-state index is 5.05. The van der Waals surface area contributed by atoms with E-state index in [9.17, 15) is 0 Å². The van der Waals surface area contributed by atoms with Crippen LogP contribution in [-0.4, -0.2) is 43.8 Å². The highest BCUT2D eigenvalue weighted by molar-refractivity contribution is 5.30. The molecular formula is C12H20N4O. The molecule has 1 N–H and O–H groups in total. The van der Waals surface area contributed by atoms with E-state index < -0.39 is 0 Å². The minimum atomic E-state index is 0.698. The molecule has 0 unspecified atom stereocenters. The molecule has 1 aromatic heterocycles. The number of hydrogen-bond donors (Lipinski definition) is 1. The van der Waals surface area contributed by atoms with Crippen LogP contribution < -0.4 is 15.0 Å². The molecule has 0 saturated carbocycles. The van der Waals surface area contributed by atoms with E-state index in [0.29, 0.717) is 5.75 Å². The van der Waals surface area contributed by atoms with Gasteiger partial charge in [0.25, 0.3) is 0 Å². The highest BCUT2D eigenvalue weighted by atomic mass is 16.5. The first kappa shape index (κ1) is 12.1. The average molecular weight is 236 g/mol. The van der Waals surface area contributed by atoms with Crippen LogP contribution in [0.4, 0.5) is 5.95 Å². The summed E-state index contributed by atoms with van der Waals surface area (Å²) in [5.41, 5.74) is 0. The highest BCUT2D eigenvalue weighted by Gasteiger charge is 2.16. The summed E-state index contributed by atoms with van der Waals surface area (Å²) in [6, 6.07) is 0. The zero-order valence-electron chi connectivity index (χ0n) is 10.5. The zero-order valence-corrected chi connectivity index (χ0v) is 10.5. The summed E-state index contributed by atoms with van der Waals surface area (Å²) in [4.78, 5) is 10.7. The third kappa shape index (κ3) is 3.30. The quantitative estimate of drug-likeness (QED) is 0.842. The van der Waals surface area contributed by atoms with Gasteiger partial charge in [-0.3, -0.25) is 0 Å². The van der Waals surface area contributed by atoms with E-state index in [1.165, 1.54) is 12.8 Å². The lowest BCUT2D eigenvalue weighted by Gasteiger charge is -2.27. The third-order valence-electron chi connectivity index (χ3n) is 3.18. The molecule has 5 heteroatoms. The summed E-state index contributed by atoms with van der Waals surface area (Å²) in [5.74, 6) is 2.21. The third-order valence-corrected chi connectivity index (χ3v) is 3.18. The Morgan fingerprint density at radius 3 is 2.59 bits per heavy atom. The van der Waals surface area contributed by atoms with Gasteiger partial charge in [-0.25, -0.2) is 9.97 Å². The van der Waals surface area contributed by atoms with Crippen LogP contribution in [0.2, 0.25) is 0 Å². The maximum absolute atomic E-state index is 5.05. The number of methoxy groups -OCH3 is 1. The van der Waals surface area contributed by atoms with Crippen LogP contribution in [0.1, 0.15) is 12.8 Å². The van der Waals surface area contributed by atoms with E-state index in [0.717, 1.165) is 31.5 Å². The van der Waals surface area contributed by atoms with Crippen molar-refractivity contribution in [3.8, 4) is 5.75 Å². The fourth-order valence-corrected chi connectivity index (χ4v) is 2.15. The predicted molar refractivity (Wildman–Crippen MR) is 67.4 cm³/mol. The summed E-state index contributed by atoms with van der Waals surface area (Å²) in [6.07, 6.45) is 5.89. The second-order valence-corrected chi connectivity index (χ2v) is 4.50. The molecule has 0 atom stereocenters. The molecule has 2 heterocycles. The molecule has 1 fully saturated rings. The van der Waals surface area contributed by atoms with E-state index in [1.807, 2.05) is 7.05 Å². The molecule has 1 aliphatic rings. The number of hydrogen-bond acceptors (Lipinski definition) is 5. The number of piperidine rings is 1. The summed E-state index contributed by atoms with van der Waals surface area (Å²) < 4.78 is 5.05. The number of nitrogens with one attached hydrogen (secondary N) is 1. The van der Waals surface area contributed by atoms with Gasteiger partial charge in [0.1, 0.15) is 0 Å². The average Bonchev–Trinajstić information content (AvgIpc) is 2.40. The largest absolute Gasteiger partial charge is 0.494 e. The lowest BCUT2D eigenvalue weighted by Crippen LogP contribution is -2.35. The molecule has 17 heavy (non-hydrogen) atoms. The van der Waals surface area contributed by atoms with Gasteiger partial charge >= 0.3 is 0 Å². The normalized spacial score (nSPS) is 16.8. The van der Waals surface area contributed by atoms with Crippen LogP contribution in [0.3, 0.4) is 0 Å². The van der Waals surface area contributed by atoms with Crippen molar-refractivity contribution >= 4 is 5.95 Å². The molecule has 0 aromatic carbocycles. The topological polar surface area (TPSA) is 50.3 Å². The number of rotatable bonds is 4. The standard InChI is InChI=1S/C12H20N4O/c1-16(9-10-3-5-13-6-4-10)12-14-7-11(17-2)8-15-12/h7-8,10,13H,3-6,9H2,1-2H3. The molecule has 0 aliphatic carbocycles. The van der Waals surface area contributed by atoms with Gasteiger partial charge in [0.15, 0.2) is 5.75 Å². The van der Waals surface area contributed by atoms with E-state index in [2.05, 4.69) is 20.2 Å². The number of nitrogens with zero attached hydrogens (tertiary/aromatic N) is 3. The second kappa shape index (κ2) is 5.82. The minimum Gasteiger partial charge on any atom is -0.494 e. The fourth-order valence-electron chi connectivity index (χ4n) is 2.15. The van der Waals surface area contributed by atoms with E-state index in [-0.39, 0.29) is 0 Å². The van der Waals surface area contributed by atoms with Crippen molar-refractivity contribution in [2.45, 2.75) is 12.8 Å². The van der Waals surface area contributed by atoms with Gasteiger partial charge in [0.2, 0.25) is 5.95 Å². The van der Waals surface area contributed by atoms with Gasteiger partial charge in [-0.15, -0.1) is 0 Å². The number of aromatic nitrogens is 2. The van der Waals surface area contributed by atoms with Crippen molar-refractivity contribution < 1.29 is 4.74 Å². The van der Waals surface area contributed by atoms with Crippen molar-refractivity contribution in [1.82, 2.24) is 15.3 Å². The lowest BCUT2D eigenvalue weighted by molar-refractivity contribution is 0.376. The van der Waals surface area contributed by atoms with Crippen LogP contribution in [0, 0.1) is 5.92 Å². The Morgan fingerprint density at radius 1 is 1.35 bits per heavy atom. The molecule has 5 nitrogen and oxygen atoms in total. The Bertz CT molecular complexity index is 335. The second-order valence-electron chi connectivity index (χ2n) is 4.50. The van der Waals surface area contributed by atoms with E-state index >= 15 is 0 Å². The van der Waals surface area contributed by atoms with Crippen molar-refractivity contribution in [1.29, 1.82) is 0 Å². The van der Waals surface area contributed by atoms with Gasteiger partial charge in [-0.05, 0) is 31.8 Å². The summed E-state index contributed by atoms with van der Waals surface area (Å²) in [5, 5.41) is 3.38. The van der Waals surface area contributed by atoms with Crippen molar-refractivity contribution in [2.75, 3.05) is 38.7 Å². The minimum absolute atomic E-state index is 0.698. The molecule has 1 aromatic rings. The summed E-state index contributed by atoms with van der Waals surface area (Å²) >= 11 is 0. The summed E-state index contributed by atoms with van der Waals surface area (Å²) in [6.45, 7) is 3.28. The van der Waals surface area contributed by atoms with Crippen LogP contribution >= 0.6 is 0 Å². The zero-order chi connectivity index (χ0) is 12.1. The maximum Gasteiger partial charge on any atom is 0.225 e. The first-order chi connectivity index (χ1) is 8.29. The first-order valence-corrected chi connectivity index (χ1v) is 6.07. The van der Waals surface area contributed by atoms with Crippen LogP contribution in [0.15, 0.2) is 12.4 Å². The molecule has 94 valence electrons. The molecule has 2 rings (SSSR count). The molecule has 0 spiro atoms. The number of ether oxygens (including phenoxy) is 1. The Labute approximate surface area is 102 Å². The van der Waals surface area contributed by atoms with Gasteiger partial charge < -0.3 is 15.0 Å². The molecule has 0 amide bonds. The molecule has 0 bridgehead atoms. The van der Waals surface area contributed by atoms with Crippen molar-refractivity contribution in [3.05, 3.63) is 12.4 Å². The SMILES string of the molecule is COc1cnc(N(C)CC2CCNCC2)nc1. The molecular weight excluding hydrogens is 216 g/mol. The van der Waals surface area contributed by atoms with Gasteiger partial charge in [0, 0.05) is 13.6 Å². The van der Waals surface area contributed by atoms with Gasteiger partial charge in [-0.2, -0.15) is 0 Å². The Hall–Kier alpha value is -1.36. The lowest BCUT2D eigenvalue weighted by atomic mass is 9.98. The summed E-state index contributed by atoms with van der Waals surface area (Å²) in [7, 11) is 3.67. The fraction of sp³-hybridized carbons (Fsp3) is 0.667. The molecule has 1 saturated heterocycles. The van der Waals surface area contributed by atoms with E-state index in [4.69, 9.17) is 4.74 Å². The smallest absolute Gasteiger partial charge is 0.225 e. The first-order valence-electron chi connectivity index (χ1n) is 6.07. The van der Waals surface area contributed by atoms with Gasteiger partial charge in [0.05, 0.1) is 19.5 Å². The Morgan fingerprint density at radius 2 is 2.00 bits per heavy atom. The highest BCUT2D eigenvalue weighted by Crippen LogP contribution is 2.16. The Kier molecular flexibility index (Phi) is 4.14. The molecule has 0 radical (unpaired) electrons. The van der Waals surface area contributed by atoms with Crippen LogP contribution in [0.5, 0.6) is 5.75 Å². The number of anilines is 1. The van der Waals surface area contributed by atoms with Crippen LogP contribution in [-0.2, 0) is 0 Å². The monoisotopic (exact) mass is 236 g/mol.